The molecule has 4 unspecified atom stereocenters. The first-order chi connectivity index (χ1) is 16.8. The van der Waals surface area contributed by atoms with Gasteiger partial charge in [-0.3, -0.25) is 4.79 Å². The number of hydrogen-bond donors (Lipinski definition) is 1. The molecule has 196 valence electrons. The Bertz CT molecular complexity index is 782. The number of carbonyl (C=O) groups excluding carboxylic acids is 1. The van der Waals surface area contributed by atoms with Gasteiger partial charge < -0.3 is 19.3 Å². The van der Waals surface area contributed by atoms with Gasteiger partial charge in [-0.15, -0.1) is 0 Å². The van der Waals surface area contributed by atoms with Crippen LogP contribution in [0.3, 0.4) is 0 Å². The van der Waals surface area contributed by atoms with Crippen molar-refractivity contribution in [2.75, 3.05) is 0 Å². The second-order valence-electron chi connectivity index (χ2n) is 10.8. The summed E-state index contributed by atoms with van der Waals surface area (Å²) < 4.78 is 18.6. The standard InChI is InChI=1S/C30H46O5/c1-5-21(2)10-7-6-8-13-29-23(4)15-14-22(3)16-25-11-9-12-26(33-25)19-27-17-24(31)18-28(34-27)20-30(32)35-29/h6-8,10,13-15,22-29,31H,5,9,11-12,16-20H2,1-4H3/b7-6-,13-8+,15-14+,21-10+/t22-,23-,24+,25+,26?,27?,28?,29?/m0/s1. The van der Waals surface area contributed by atoms with Crippen molar-refractivity contribution in [1.82, 2.24) is 0 Å². The third kappa shape index (κ3) is 9.70. The molecule has 0 saturated carbocycles. The number of aliphatic hydroxyl groups excluding tert-OH is 1. The number of allylic oxidation sites excluding steroid dienone is 6. The van der Waals surface area contributed by atoms with Gasteiger partial charge in [-0.25, -0.2) is 0 Å². The van der Waals surface area contributed by atoms with E-state index >= 15 is 0 Å². The lowest BCUT2D eigenvalue weighted by atomic mass is 9.90. The van der Waals surface area contributed by atoms with Crippen LogP contribution >= 0.6 is 0 Å². The van der Waals surface area contributed by atoms with Crippen LogP contribution in [-0.2, 0) is 19.0 Å². The quantitative estimate of drug-likeness (QED) is 0.290. The van der Waals surface area contributed by atoms with Crippen LogP contribution in [0.5, 0.6) is 0 Å². The predicted octanol–water partition coefficient (Wildman–Crippen LogP) is 6.23. The summed E-state index contributed by atoms with van der Waals surface area (Å²) in [6.45, 7) is 8.56. The van der Waals surface area contributed by atoms with Crippen LogP contribution in [0.2, 0.25) is 0 Å². The molecule has 3 aliphatic rings. The Balaban J connectivity index is 1.76. The van der Waals surface area contributed by atoms with E-state index in [1.807, 2.05) is 24.3 Å². The van der Waals surface area contributed by atoms with Gasteiger partial charge in [-0.05, 0) is 63.9 Å². The second-order valence-corrected chi connectivity index (χ2v) is 10.8. The Kier molecular flexibility index (Phi) is 11.3. The van der Waals surface area contributed by atoms with E-state index in [1.54, 1.807) is 0 Å². The van der Waals surface area contributed by atoms with Gasteiger partial charge in [-0.1, -0.05) is 62.8 Å². The number of cyclic esters (lactones) is 1. The zero-order valence-corrected chi connectivity index (χ0v) is 22.1. The zero-order valence-electron chi connectivity index (χ0n) is 22.1. The SMILES string of the molecule is CC/C(C)=C/C=C\C=C\C1OC(=O)CC2C[C@H](O)CC(CC3CCC[C@H](C[C@@H](C)/C=C/[C@@H]1C)O3)O2. The van der Waals surface area contributed by atoms with Crippen molar-refractivity contribution >= 4 is 5.97 Å². The number of aliphatic hydroxyl groups is 1. The molecular weight excluding hydrogens is 440 g/mol. The van der Waals surface area contributed by atoms with E-state index in [0.717, 1.165) is 32.1 Å². The highest BCUT2D eigenvalue weighted by atomic mass is 16.6. The van der Waals surface area contributed by atoms with Crippen LogP contribution in [0.4, 0.5) is 0 Å². The lowest BCUT2D eigenvalue weighted by Crippen LogP contribution is -2.40. The summed E-state index contributed by atoms with van der Waals surface area (Å²) >= 11 is 0. The molecule has 3 rings (SSSR count). The summed E-state index contributed by atoms with van der Waals surface area (Å²) in [4.78, 5) is 12.9. The first kappa shape index (κ1) is 27.9. The molecule has 3 aliphatic heterocycles. The Labute approximate surface area is 212 Å². The predicted molar refractivity (Wildman–Crippen MR) is 140 cm³/mol. The molecule has 4 bridgehead atoms. The molecule has 5 heteroatoms. The van der Waals surface area contributed by atoms with Gasteiger partial charge >= 0.3 is 5.97 Å². The third-order valence-corrected chi connectivity index (χ3v) is 7.44. The van der Waals surface area contributed by atoms with E-state index in [1.165, 1.54) is 12.0 Å². The Morgan fingerprint density at radius 1 is 0.971 bits per heavy atom. The maximum Gasteiger partial charge on any atom is 0.309 e. The minimum absolute atomic E-state index is 0.0394. The summed E-state index contributed by atoms with van der Waals surface area (Å²) in [5.41, 5.74) is 1.32. The van der Waals surface area contributed by atoms with Gasteiger partial charge in [0.05, 0.1) is 36.9 Å². The van der Waals surface area contributed by atoms with Crippen molar-refractivity contribution in [3.63, 3.8) is 0 Å². The number of carbonyl (C=O) groups is 1. The van der Waals surface area contributed by atoms with E-state index < -0.39 is 6.10 Å². The highest BCUT2D eigenvalue weighted by Gasteiger charge is 2.34. The van der Waals surface area contributed by atoms with Crippen LogP contribution in [0, 0.1) is 11.8 Å². The second kappa shape index (κ2) is 14.2. The summed E-state index contributed by atoms with van der Waals surface area (Å²) in [5, 5.41) is 10.5. The molecule has 3 heterocycles. The average molecular weight is 487 g/mol. The molecule has 35 heavy (non-hydrogen) atoms. The van der Waals surface area contributed by atoms with Gasteiger partial charge in [-0.2, -0.15) is 0 Å². The van der Waals surface area contributed by atoms with Crippen LogP contribution in [0.15, 0.2) is 48.1 Å². The molecule has 0 spiro atoms. The van der Waals surface area contributed by atoms with Crippen molar-refractivity contribution in [3.05, 3.63) is 48.1 Å². The summed E-state index contributed by atoms with van der Waals surface area (Å²) in [6, 6.07) is 0. The van der Waals surface area contributed by atoms with Crippen molar-refractivity contribution in [2.45, 2.75) is 122 Å². The van der Waals surface area contributed by atoms with Crippen LogP contribution < -0.4 is 0 Å². The number of ether oxygens (including phenoxy) is 3. The highest BCUT2D eigenvalue weighted by Crippen LogP contribution is 2.31. The topological polar surface area (TPSA) is 65.0 Å². The van der Waals surface area contributed by atoms with Crippen molar-refractivity contribution in [3.8, 4) is 0 Å². The van der Waals surface area contributed by atoms with Gasteiger partial charge in [0.15, 0.2) is 0 Å². The Morgan fingerprint density at radius 2 is 1.69 bits per heavy atom. The Morgan fingerprint density at radius 3 is 2.46 bits per heavy atom. The lowest BCUT2D eigenvalue weighted by Gasteiger charge is -2.37. The lowest BCUT2D eigenvalue weighted by molar-refractivity contribution is -0.161. The molecule has 0 aliphatic carbocycles. The van der Waals surface area contributed by atoms with E-state index in [2.05, 4.69) is 45.9 Å². The van der Waals surface area contributed by atoms with Crippen LogP contribution in [0.25, 0.3) is 0 Å². The number of esters is 1. The van der Waals surface area contributed by atoms with E-state index in [9.17, 15) is 9.90 Å². The van der Waals surface area contributed by atoms with Crippen molar-refractivity contribution in [1.29, 1.82) is 0 Å². The molecule has 1 N–H and O–H groups in total. The largest absolute Gasteiger partial charge is 0.457 e. The maximum atomic E-state index is 12.9. The average Bonchev–Trinajstić information content (AvgIpc) is 2.80. The number of hydrogen-bond acceptors (Lipinski definition) is 5. The summed E-state index contributed by atoms with van der Waals surface area (Å²) in [7, 11) is 0. The first-order valence-electron chi connectivity index (χ1n) is 13.7. The fraction of sp³-hybridized carbons (Fsp3) is 0.700. The number of rotatable bonds is 4. The first-order valence-corrected chi connectivity index (χ1v) is 13.7. The fourth-order valence-corrected chi connectivity index (χ4v) is 5.24. The molecule has 2 fully saturated rings. The molecule has 8 atom stereocenters. The maximum absolute atomic E-state index is 12.9. The molecule has 0 radical (unpaired) electrons. The van der Waals surface area contributed by atoms with Gasteiger partial charge in [0, 0.05) is 12.3 Å². The smallest absolute Gasteiger partial charge is 0.309 e. The van der Waals surface area contributed by atoms with E-state index in [4.69, 9.17) is 14.2 Å². The highest BCUT2D eigenvalue weighted by molar-refractivity contribution is 5.70. The number of fused-ring (bicyclic) bond motifs is 4. The summed E-state index contributed by atoms with van der Waals surface area (Å²) in [5.74, 6) is 0.142. The Hall–Kier alpha value is -1.69. The molecule has 2 saturated heterocycles. The van der Waals surface area contributed by atoms with Gasteiger partial charge in [0.1, 0.15) is 6.10 Å². The van der Waals surface area contributed by atoms with Crippen LogP contribution in [-0.4, -0.2) is 47.7 Å². The molecule has 0 aromatic rings. The monoisotopic (exact) mass is 486 g/mol. The van der Waals surface area contributed by atoms with Gasteiger partial charge in [0.2, 0.25) is 0 Å². The van der Waals surface area contributed by atoms with Crippen LogP contribution in [0.1, 0.15) is 85.5 Å². The fourth-order valence-electron chi connectivity index (χ4n) is 5.24. The molecular formula is C30H46O5. The molecule has 0 amide bonds. The van der Waals surface area contributed by atoms with E-state index in [-0.39, 0.29) is 48.8 Å². The minimum atomic E-state index is -0.452. The molecule has 0 aromatic heterocycles. The van der Waals surface area contributed by atoms with Gasteiger partial charge in [0.25, 0.3) is 0 Å². The van der Waals surface area contributed by atoms with Crippen molar-refractivity contribution < 1.29 is 24.1 Å². The van der Waals surface area contributed by atoms with E-state index in [0.29, 0.717) is 18.8 Å². The normalized spacial score (nSPS) is 39.0. The molecule has 5 nitrogen and oxygen atoms in total. The minimum Gasteiger partial charge on any atom is -0.457 e. The molecule has 0 aromatic carbocycles. The zero-order chi connectivity index (χ0) is 25.2. The summed E-state index contributed by atoms with van der Waals surface area (Å²) in [6.07, 6.45) is 21.0. The van der Waals surface area contributed by atoms with Crippen molar-refractivity contribution in [2.24, 2.45) is 11.8 Å². The third-order valence-electron chi connectivity index (χ3n) is 7.44.